The fourth-order valence-corrected chi connectivity index (χ4v) is 3.64. The van der Waals surface area contributed by atoms with Gasteiger partial charge in [-0.05, 0) is 43.4 Å². The molecule has 0 spiro atoms. The molecule has 0 amide bonds. The molecule has 22 heavy (non-hydrogen) atoms. The first-order valence-corrected chi connectivity index (χ1v) is 7.76. The summed E-state index contributed by atoms with van der Waals surface area (Å²) in [5, 5.41) is 7.47. The standard InChI is InChI=1S/C16H17F2N3O/c17-11-6-5-10(7-12(11)18)15-20-16(22-21-15)14-8-9-3-1-2-4-13(9)19-14/h5-7,9,13-14,19H,1-4,8H2. The highest BCUT2D eigenvalue weighted by Crippen LogP contribution is 2.38. The summed E-state index contributed by atoms with van der Waals surface area (Å²) in [4.78, 5) is 4.36. The van der Waals surface area contributed by atoms with Crippen molar-refractivity contribution in [2.75, 3.05) is 0 Å². The maximum atomic E-state index is 13.3. The first kappa shape index (κ1) is 13.8. The van der Waals surface area contributed by atoms with E-state index in [1.807, 2.05) is 0 Å². The van der Waals surface area contributed by atoms with Crippen LogP contribution in [0, 0.1) is 17.6 Å². The Labute approximate surface area is 126 Å². The van der Waals surface area contributed by atoms with Gasteiger partial charge in [0.2, 0.25) is 11.7 Å². The van der Waals surface area contributed by atoms with E-state index in [2.05, 4.69) is 15.5 Å². The van der Waals surface area contributed by atoms with Gasteiger partial charge >= 0.3 is 0 Å². The van der Waals surface area contributed by atoms with Crippen molar-refractivity contribution in [2.45, 2.75) is 44.2 Å². The van der Waals surface area contributed by atoms with Gasteiger partial charge in [-0.3, -0.25) is 0 Å². The second kappa shape index (κ2) is 5.43. The van der Waals surface area contributed by atoms with Crippen LogP contribution in [0.1, 0.15) is 44.0 Å². The van der Waals surface area contributed by atoms with Crippen LogP contribution >= 0.6 is 0 Å². The number of hydrogen-bond donors (Lipinski definition) is 1. The zero-order chi connectivity index (χ0) is 15.1. The SMILES string of the molecule is Fc1ccc(-c2noc(C3CC4CCCCC4N3)n2)cc1F. The highest BCUT2D eigenvalue weighted by atomic mass is 19.2. The molecule has 4 nitrogen and oxygen atoms in total. The van der Waals surface area contributed by atoms with Crippen LogP contribution in [0.25, 0.3) is 11.4 Å². The predicted molar refractivity (Wildman–Crippen MR) is 75.9 cm³/mol. The van der Waals surface area contributed by atoms with E-state index in [4.69, 9.17) is 4.52 Å². The Bertz CT molecular complexity index is 674. The minimum absolute atomic E-state index is 0.0691. The fourth-order valence-electron chi connectivity index (χ4n) is 3.64. The minimum atomic E-state index is -0.908. The first-order valence-electron chi connectivity index (χ1n) is 7.76. The average molecular weight is 305 g/mol. The van der Waals surface area contributed by atoms with E-state index < -0.39 is 11.6 Å². The van der Waals surface area contributed by atoms with Crippen LogP contribution in [0.15, 0.2) is 22.7 Å². The number of nitrogens with one attached hydrogen (secondary N) is 1. The average Bonchev–Trinajstić information content (AvgIpc) is 3.15. The summed E-state index contributed by atoms with van der Waals surface area (Å²) in [5.41, 5.74) is 0.421. The second-order valence-corrected chi connectivity index (χ2v) is 6.19. The number of halogens is 2. The summed E-state index contributed by atoms with van der Waals surface area (Å²) in [6, 6.07) is 4.22. The molecule has 2 fully saturated rings. The lowest BCUT2D eigenvalue weighted by atomic mass is 9.85. The molecule has 1 aliphatic carbocycles. The van der Waals surface area contributed by atoms with E-state index in [0.717, 1.165) is 18.6 Å². The molecule has 1 aromatic carbocycles. The molecule has 6 heteroatoms. The van der Waals surface area contributed by atoms with Crippen molar-refractivity contribution in [2.24, 2.45) is 5.92 Å². The van der Waals surface area contributed by atoms with Crippen molar-refractivity contribution in [1.29, 1.82) is 0 Å². The molecule has 2 aliphatic rings. The molecule has 1 aromatic heterocycles. The van der Waals surface area contributed by atoms with Gasteiger partial charge < -0.3 is 9.84 Å². The van der Waals surface area contributed by atoms with Gasteiger partial charge in [0.15, 0.2) is 11.6 Å². The van der Waals surface area contributed by atoms with Crippen molar-refractivity contribution in [3.63, 3.8) is 0 Å². The van der Waals surface area contributed by atoms with Crippen LogP contribution in [0.2, 0.25) is 0 Å². The van der Waals surface area contributed by atoms with E-state index >= 15 is 0 Å². The molecule has 2 heterocycles. The third kappa shape index (κ3) is 2.41. The van der Waals surface area contributed by atoms with Crippen molar-refractivity contribution < 1.29 is 13.3 Å². The van der Waals surface area contributed by atoms with E-state index in [0.29, 0.717) is 29.2 Å². The van der Waals surface area contributed by atoms with E-state index in [-0.39, 0.29) is 6.04 Å². The van der Waals surface area contributed by atoms with Gasteiger partial charge in [-0.15, -0.1) is 0 Å². The molecule has 4 rings (SSSR count). The first-order chi connectivity index (χ1) is 10.7. The van der Waals surface area contributed by atoms with Crippen LogP contribution in [0.5, 0.6) is 0 Å². The largest absolute Gasteiger partial charge is 0.337 e. The number of fused-ring (bicyclic) bond motifs is 1. The summed E-state index contributed by atoms with van der Waals surface area (Å²) < 4.78 is 31.6. The Balaban J connectivity index is 1.55. The number of hydrogen-bond acceptors (Lipinski definition) is 4. The Morgan fingerprint density at radius 1 is 1.14 bits per heavy atom. The molecular weight excluding hydrogens is 288 g/mol. The van der Waals surface area contributed by atoms with Crippen molar-refractivity contribution >= 4 is 0 Å². The van der Waals surface area contributed by atoms with Gasteiger partial charge in [0.25, 0.3) is 0 Å². The summed E-state index contributed by atoms with van der Waals surface area (Å²) in [5.74, 6) is -0.278. The highest BCUT2D eigenvalue weighted by Gasteiger charge is 2.38. The molecule has 0 radical (unpaired) electrons. The zero-order valence-corrected chi connectivity index (χ0v) is 12.1. The summed E-state index contributed by atoms with van der Waals surface area (Å²) >= 11 is 0. The van der Waals surface area contributed by atoms with Crippen LogP contribution in [-0.4, -0.2) is 16.2 Å². The number of benzene rings is 1. The van der Waals surface area contributed by atoms with Gasteiger partial charge in [-0.2, -0.15) is 4.98 Å². The van der Waals surface area contributed by atoms with E-state index in [1.54, 1.807) is 0 Å². The maximum absolute atomic E-state index is 13.3. The molecule has 1 N–H and O–H groups in total. The lowest BCUT2D eigenvalue weighted by Crippen LogP contribution is -2.30. The number of aromatic nitrogens is 2. The topological polar surface area (TPSA) is 51.0 Å². The van der Waals surface area contributed by atoms with Crippen LogP contribution in [0.3, 0.4) is 0 Å². The molecule has 1 aliphatic heterocycles. The molecule has 2 aromatic rings. The number of nitrogens with zero attached hydrogens (tertiary/aromatic N) is 2. The molecule has 116 valence electrons. The summed E-state index contributed by atoms with van der Waals surface area (Å²) in [6.45, 7) is 0. The summed E-state index contributed by atoms with van der Waals surface area (Å²) in [6.07, 6.45) is 6.01. The van der Waals surface area contributed by atoms with Gasteiger partial charge in [0.1, 0.15) is 0 Å². The maximum Gasteiger partial charge on any atom is 0.244 e. The Hall–Kier alpha value is -1.82. The fraction of sp³-hybridized carbons (Fsp3) is 0.500. The molecule has 1 saturated heterocycles. The van der Waals surface area contributed by atoms with Crippen molar-refractivity contribution in [3.8, 4) is 11.4 Å². The van der Waals surface area contributed by atoms with Gasteiger partial charge in [-0.1, -0.05) is 18.0 Å². The molecule has 1 saturated carbocycles. The third-order valence-electron chi connectivity index (χ3n) is 4.78. The van der Waals surface area contributed by atoms with Gasteiger partial charge in [0, 0.05) is 11.6 Å². The molecule has 3 atom stereocenters. The molecule has 0 bridgehead atoms. The van der Waals surface area contributed by atoms with Crippen molar-refractivity contribution in [1.82, 2.24) is 15.5 Å². The van der Waals surface area contributed by atoms with Gasteiger partial charge in [0.05, 0.1) is 6.04 Å². The molecule has 3 unspecified atom stereocenters. The predicted octanol–water partition coefficient (Wildman–Crippen LogP) is 3.61. The van der Waals surface area contributed by atoms with E-state index in [1.165, 1.54) is 31.7 Å². The second-order valence-electron chi connectivity index (χ2n) is 6.19. The quantitative estimate of drug-likeness (QED) is 0.921. The van der Waals surface area contributed by atoms with Crippen LogP contribution < -0.4 is 5.32 Å². The van der Waals surface area contributed by atoms with Crippen LogP contribution in [0.4, 0.5) is 8.78 Å². The smallest absolute Gasteiger partial charge is 0.244 e. The van der Waals surface area contributed by atoms with Crippen molar-refractivity contribution in [3.05, 3.63) is 35.7 Å². The normalized spacial score (nSPS) is 27.8. The zero-order valence-electron chi connectivity index (χ0n) is 12.1. The summed E-state index contributed by atoms with van der Waals surface area (Å²) in [7, 11) is 0. The lowest BCUT2D eigenvalue weighted by molar-refractivity contribution is 0.324. The third-order valence-corrected chi connectivity index (χ3v) is 4.78. The highest BCUT2D eigenvalue weighted by molar-refractivity contribution is 5.54. The molecular formula is C16H17F2N3O. The van der Waals surface area contributed by atoms with Crippen LogP contribution in [-0.2, 0) is 0 Å². The minimum Gasteiger partial charge on any atom is -0.337 e. The Morgan fingerprint density at radius 3 is 2.82 bits per heavy atom. The Morgan fingerprint density at radius 2 is 2.00 bits per heavy atom. The monoisotopic (exact) mass is 305 g/mol. The van der Waals surface area contributed by atoms with E-state index in [9.17, 15) is 8.78 Å². The lowest BCUT2D eigenvalue weighted by Gasteiger charge is -2.24. The number of rotatable bonds is 2. The Kier molecular flexibility index (Phi) is 3.41. The van der Waals surface area contributed by atoms with Gasteiger partial charge in [-0.25, -0.2) is 8.78 Å².